The maximum Gasteiger partial charge on any atom is 0.314 e. The van der Waals surface area contributed by atoms with Gasteiger partial charge in [-0.05, 0) is 42.5 Å². The molecule has 1 aliphatic rings. The monoisotopic (exact) mass is 368 g/mol. The summed E-state index contributed by atoms with van der Waals surface area (Å²) in [6.07, 6.45) is 3.73. The standard InChI is InChI=1S/C21H24N2O4/c24-18-10-13-23(19(25)7-6-16-8-11-22-12-9-16)15-21(18,20(26)27)14-17-4-2-1-3-5-17/h1-5,8-9,11-12,18,24H,6-7,10,13-15H2,(H,26,27)/t18-,21-/m0/s1. The topological polar surface area (TPSA) is 90.7 Å². The number of aromatic nitrogens is 1. The largest absolute Gasteiger partial charge is 0.481 e. The van der Waals surface area contributed by atoms with E-state index in [0.29, 0.717) is 19.4 Å². The number of piperidine rings is 1. The quantitative estimate of drug-likeness (QED) is 0.813. The predicted octanol–water partition coefficient (Wildman–Crippen LogP) is 1.92. The zero-order chi connectivity index (χ0) is 19.3. The molecule has 1 aromatic heterocycles. The van der Waals surface area contributed by atoms with Crippen LogP contribution in [-0.2, 0) is 22.4 Å². The number of carboxylic acids is 1. The summed E-state index contributed by atoms with van der Waals surface area (Å²) in [7, 11) is 0. The van der Waals surface area contributed by atoms with Crippen LogP contribution in [0.3, 0.4) is 0 Å². The smallest absolute Gasteiger partial charge is 0.314 e. The normalized spacial score (nSPS) is 22.4. The van der Waals surface area contributed by atoms with Crippen molar-refractivity contribution in [2.75, 3.05) is 13.1 Å². The zero-order valence-corrected chi connectivity index (χ0v) is 15.1. The van der Waals surface area contributed by atoms with E-state index in [1.807, 2.05) is 42.5 Å². The number of pyridine rings is 1. The maximum absolute atomic E-state index is 12.7. The Morgan fingerprint density at radius 2 is 1.81 bits per heavy atom. The van der Waals surface area contributed by atoms with E-state index >= 15 is 0 Å². The summed E-state index contributed by atoms with van der Waals surface area (Å²) >= 11 is 0. The lowest BCUT2D eigenvalue weighted by Crippen LogP contribution is -2.58. The number of carboxylic acid groups (broad SMARTS) is 1. The number of hydrogen-bond acceptors (Lipinski definition) is 4. The molecule has 6 heteroatoms. The van der Waals surface area contributed by atoms with Gasteiger partial charge in [-0.15, -0.1) is 0 Å². The number of aliphatic carboxylic acids is 1. The van der Waals surface area contributed by atoms with Gasteiger partial charge in [0.05, 0.1) is 6.10 Å². The number of hydrogen-bond donors (Lipinski definition) is 2. The number of aliphatic hydroxyl groups is 1. The van der Waals surface area contributed by atoms with Crippen LogP contribution in [0.25, 0.3) is 0 Å². The highest BCUT2D eigenvalue weighted by Gasteiger charge is 2.50. The number of amides is 1. The second-order valence-corrected chi connectivity index (χ2v) is 7.10. The second kappa shape index (κ2) is 8.31. The average Bonchev–Trinajstić information content (AvgIpc) is 2.69. The Bertz CT molecular complexity index is 781. The van der Waals surface area contributed by atoms with E-state index in [9.17, 15) is 19.8 Å². The van der Waals surface area contributed by atoms with Crippen molar-refractivity contribution in [2.45, 2.75) is 31.8 Å². The van der Waals surface area contributed by atoms with Crippen molar-refractivity contribution in [1.82, 2.24) is 9.88 Å². The molecule has 2 N–H and O–H groups in total. The Kier molecular flexibility index (Phi) is 5.86. The Hall–Kier alpha value is -2.73. The van der Waals surface area contributed by atoms with Crippen LogP contribution < -0.4 is 0 Å². The molecule has 1 aliphatic heterocycles. The van der Waals surface area contributed by atoms with Gasteiger partial charge >= 0.3 is 5.97 Å². The summed E-state index contributed by atoms with van der Waals surface area (Å²) in [5.41, 5.74) is 0.473. The second-order valence-electron chi connectivity index (χ2n) is 7.10. The molecular weight excluding hydrogens is 344 g/mol. The first-order valence-electron chi connectivity index (χ1n) is 9.13. The number of carbonyl (C=O) groups excluding carboxylic acids is 1. The van der Waals surface area contributed by atoms with Crippen molar-refractivity contribution >= 4 is 11.9 Å². The van der Waals surface area contributed by atoms with E-state index in [1.54, 1.807) is 17.3 Å². The molecule has 27 heavy (non-hydrogen) atoms. The van der Waals surface area contributed by atoms with Crippen LogP contribution in [0.15, 0.2) is 54.9 Å². The number of aliphatic hydroxyl groups excluding tert-OH is 1. The van der Waals surface area contributed by atoms with Crippen LogP contribution in [-0.4, -0.2) is 51.2 Å². The molecule has 0 spiro atoms. The Morgan fingerprint density at radius 3 is 2.48 bits per heavy atom. The van der Waals surface area contributed by atoms with E-state index < -0.39 is 17.5 Å². The molecule has 0 bridgehead atoms. The molecule has 1 fully saturated rings. The van der Waals surface area contributed by atoms with E-state index in [1.165, 1.54) is 0 Å². The van der Waals surface area contributed by atoms with Gasteiger partial charge in [-0.2, -0.15) is 0 Å². The van der Waals surface area contributed by atoms with Gasteiger partial charge in [0.2, 0.25) is 5.91 Å². The highest BCUT2D eigenvalue weighted by molar-refractivity contribution is 5.80. The zero-order valence-electron chi connectivity index (χ0n) is 15.1. The number of benzene rings is 1. The minimum atomic E-state index is -1.38. The molecule has 0 unspecified atom stereocenters. The van der Waals surface area contributed by atoms with Gasteiger partial charge in [-0.1, -0.05) is 30.3 Å². The third-order valence-electron chi connectivity index (χ3n) is 5.30. The van der Waals surface area contributed by atoms with Crippen molar-refractivity contribution in [3.05, 3.63) is 66.0 Å². The Balaban J connectivity index is 1.72. The van der Waals surface area contributed by atoms with Crippen LogP contribution in [0, 0.1) is 5.41 Å². The fourth-order valence-electron chi connectivity index (χ4n) is 3.67. The number of aryl methyl sites for hydroxylation is 1. The van der Waals surface area contributed by atoms with Crippen LogP contribution in [0.1, 0.15) is 24.0 Å². The third kappa shape index (κ3) is 4.34. The molecule has 6 nitrogen and oxygen atoms in total. The molecular formula is C21H24N2O4. The molecule has 3 rings (SSSR count). The van der Waals surface area contributed by atoms with Gasteiger partial charge < -0.3 is 15.1 Å². The van der Waals surface area contributed by atoms with Gasteiger partial charge in [-0.25, -0.2) is 0 Å². The summed E-state index contributed by atoms with van der Waals surface area (Å²) in [5, 5.41) is 20.5. The van der Waals surface area contributed by atoms with Gasteiger partial charge in [-0.3, -0.25) is 14.6 Å². The summed E-state index contributed by atoms with van der Waals surface area (Å²) in [5.74, 6) is -1.15. The fourth-order valence-corrected chi connectivity index (χ4v) is 3.67. The van der Waals surface area contributed by atoms with Crippen molar-refractivity contribution in [3.63, 3.8) is 0 Å². The molecule has 1 amide bonds. The van der Waals surface area contributed by atoms with Gasteiger partial charge in [0.25, 0.3) is 0 Å². The molecule has 0 radical (unpaired) electrons. The van der Waals surface area contributed by atoms with Crippen LogP contribution in [0.2, 0.25) is 0 Å². The van der Waals surface area contributed by atoms with Crippen molar-refractivity contribution in [3.8, 4) is 0 Å². The molecule has 1 aromatic carbocycles. The van der Waals surface area contributed by atoms with Crippen molar-refractivity contribution in [1.29, 1.82) is 0 Å². The first kappa shape index (κ1) is 19.0. The summed E-state index contributed by atoms with van der Waals surface area (Å²) < 4.78 is 0. The fraction of sp³-hybridized carbons (Fsp3) is 0.381. The molecule has 2 aromatic rings. The third-order valence-corrected chi connectivity index (χ3v) is 5.30. The van der Waals surface area contributed by atoms with Crippen LogP contribution in [0.5, 0.6) is 0 Å². The average molecular weight is 368 g/mol. The molecule has 1 saturated heterocycles. The van der Waals surface area contributed by atoms with Crippen molar-refractivity contribution in [2.24, 2.45) is 5.41 Å². The lowest BCUT2D eigenvalue weighted by atomic mass is 9.72. The highest BCUT2D eigenvalue weighted by atomic mass is 16.4. The first-order valence-corrected chi connectivity index (χ1v) is 9.13. The van der Waals surface area contributed by atoms with Crippen molar-refractivity contribution < 1.29 is 19.8 Å². The van der Waals surface area contributed by atoms with E-state index in [4.69, 9.17) is 0 Å². The number of rotatable bonds is 6. The minimum absolute atomic E-state index is 0.0214. The highest BCUT2D eigenvalue weighted by Crippen LogP contribution is 2.35. The summed E-state index contributed by atoms with van der Waals surface area (Å²) in [6, 6.07) is 13.0. The summed E-state index contributed by atoms with van der Waals surface area (Å²) in [6.45, 7) is 0.397. The molecule has 2 heterocycles. The van der Waals surface area contributed by atoms with Crippen LogP contribution >= 0.6 is 0 Å². The summed E-state index contributed by atoms with van der Waals surface area (Å²) in [4.78, 5) is 30.4. The lowest BCUT2D eigenvalue weighted by Gasteiger charge is -2.43. The van der Waals surface area contributed by atoms with E-state index in [0.717, 1.165) is 11.1 Å². The maximum atomic E-state index is 12.7. The number of nitrogens with zero attached hydrogens (tertiary/aromatic N) is 2. The molecule has 142 valence electrons. The van der Waals surface area contributed by atoms with Gasteiger partial charge in [0.1, 0.15) is 5.41 Å². The SMILES string of the molecule is O=C(CCc1ccncc1)N1CC[C@H](O)[C@@](Cc2ccccc2)(C(=O)O)C1. The number of carbonyl (C=O) groups is 2. The number of likely N-dealkylation sites (tertiary alicyclic amines) is 1. The van der Waals surface area contributed by atoms with E-state index in [2.05, 4.69) is 4.98 Å². The predicted molar refractivity (Wildman–Crippen MR) is 100.0 cm³/mol. The Labute approximate surface area is 158 Å². The van der Waals surface area contributed by atoms with Gasteiger partial charge in [0.15, 0.2) is 0 Å². The van der Waals surface area contributed by atoms with E-state index in [-0.39, 0.29) is 25.3 Å². The first-order chi connectivity index (χ1) is 13.0. The molecule has 0 aliphatic carbocycles. The molecule has 2 atom stereocenters. The lowest BCUT2D eigenvalue weighted by molar-refractivity contribution is -0.165. The minimum Gasteiger partial charge on any atom is -0.481 e. The molecule has 0 saturated carbocycles. The Morgan fingerprint density at radius 1 is 1.11 bits per heavy atom. The van der Waals surface area contributed by atoms with Gasteiger partial charge in [0, 0.05) is 31.9 Å². The van der Waals surface area contributed by atoms with Crippen LogP contribution in [0.4, 0.5) is 0 Å².